The fraction of sp³-hybridized carbons (Fsp3) is 1.00. The van der Waals surface area contributed by atoms with Gasteiger partial charge in [0.05, 0.1) is 0 Å². The van der Waals surface area contributed by atoms with Gasteiger partial charge in [0.2, 0.25) is 0 Å². The summed E-state index contributed by atoms with van der Waals surface area (Å²) in [6.07, 6.45) is 3.85. The van der Waals surface area contributed by atoms with Crippen molar-refractivity contribution in [3.05, 3.63) is 0 Å². The van der Waals surface area contributed by atoms with E-state index in [-0.39, 0.29) is 0 Å². The van der Waals surface area contributed by atoms with Gasteiger partial charge in [0.25, 0.3) is 0 Å². The molecule has 0 aliphatic heterocycles. The maximum Gasteiger partial charge on any atom is 0.0367 e. The van der Waals surface area contributed by atoms with Gasteiger partial charge in [-0.25, -0.2) is 0 Å². The highest BCUT2D eigenvalue weighted by molar-refractivity contribution is 9.13. The van der Waals surface area contributed by atoms with Crippen LogP contribution in [0.2, 0.25) is 0 Å². The van der Waals surface area contributed by atoms with Crippen molar-refractivity contribution in [2.75, 3.05) is 5.33 Å². The highest BCUT2D eigenvalue weighted by Crippen LogP contribution is 2.21. The van der Waals surface area contributed by atoms with Crippen molar-refractivity contribution in [1.29, 1.82) is 0 Å². The number of unbranched alkanes of at least 4 members (excludes halogenated alkanes) is 1. The highest BCUT2D eigenvalue weighted by Gasteiger charge is 2.12. The maximum atomic E-state index is 3.63. The standard InChI is InChI=1S/C7H13Br3/c1-2-3-4-6(9)7(10)5-8/h6-7H,2-5H2,1H3. The zero-order chi connectivity index (χ0) is 7.98. The molecular formula is C7H13Br3. The van der Waals surface area contributed by atoms with Gasteiger partial charge < -0.3 is 0 Å². The first kappa shape index (κ1) is 11.4. The zero-order valence-corrected chi connectivity index (χ0v) is 10.9. The summed E-state index contributed by atoms with van der Waals surface area (Å²) < 4.78 is 0. The second-order valence-electron chi connectivity index (χ2n) is 2.33. The van der Waals surface area contributed by atoms with Crippen LogP contribution in [0.1, 0.15) is 26.2 Å². The van der Waals surface area contributed by atoms with Crippen molar-refractivity contribution in [3.63, 3.8) is 0 Å². The molecule has 0 saturated carbocycles. The number of rotatable bonds is 5. The van der Waals surface area contributed by atoms with Crippen LogP contribution in [0, 0.1) is 0 Å². The summed E-state index contributed by atoms with van der Waals surface area (Å²) in [4.78, 5) is 1.19. The van der Waals surface area contributed by atoms with Crippen molar-refractivity contribution in [2.45, 2.75) is 35.8 Å². The predicted octanol–water partition coefficient (Wildman–Crippen LogP) is 4.10. The van der Waals surface area contributed by atoms with Crippen molar-refractivity contribution in [1.82, 2.24) is 0 Å². The molecule has 0 fully saturated rings. The molecule has 0 rings (SSSR count). The summed E-state index contributed by atoms with van der Waals surface area (Å²) in [7, 11) is 0. The van der Waals surface area contributed by atoms with Crippen LogP contribution in [-0.2, 0) is 0 Å². The molecule has 2 atom stereocenters. The smallest absolute Gasteiger partial charge is 0.0367 e. The quantitative estimate of drug-likeness (QED) is 0.663. The molecule has 0 aromatic rings. The molecule has 0 heterocycles. The van der Waals surface area contributed by atoms with Gasteiger partial charge in [-0.05, 0) is 6.42 Å². The molecule has 0 bridgehead atoms. The largest absolute Gasteiger partial charge is 0.0916 e. The van der Waals surface area contributed by atoms with Crippen molar-refractivity contribution < 1.29 is 0 Å². The van der Waals surface area contributed by atoms with E-state index in [2.05, 4.69) is 54.7 Å². The molecule has 0 radical (unpaired) electrons. The van der Waals surface area contributed by atoms with E-state index in [0.29, 0.717) is 9.65 Å². The third-order valence-corrected chi connectivity index (χ3v) is 5.71. The fourth-order valence-electron chi connectivity index (χ4n) is 0.677. The van der Waals surface area contributed by atoms with E-state index in [9.17, 15) is 0 Å². The third-order valence-electron chi connectivity index (χ3n) is 1.37. The lowest BCUT2D eigenvalue weighted by molar-refractivity contribution is 0.692. The summed E-state index contributed by atoms with van der Waals surface area (Å²) in [5.41, 5.74) is 0. The van der Waals surface area contributed by atoms with Crippen molar-refractivity contribution in [3.8, 4) is 0 Å². The van der Waals surface area contributed by atoms with Crippen LogP contribution in [0.5, 0.6) is 0 Å². The number of hydrogen-bond donors (Lipinski definition) is 0. The predicted molar refractivity (Wildman–Crippen MR) is 58.7 cm³/mol. The average molecular weight is 337 g/mol. The van der Waals surface area contributed by atoms with Crippen LogP contribution < -0.4 is 0 Å². The van der Waals surface area contributed by atoms with Crippen molar-refractivity contribution in [2.24, 2.45) is 0 Å². The normalized spacial score (nSPS) is 16.8. The molecule has 62 valence electrons. The van der Waals surface area contributed by atoms with E-state index in [0.717, 1.165) is 5.33 Å². The summed E-state index contributed by atoms with van der Waals surface area (Å²) in [6.45, 7) is 2.22. The average Bonchev–Trinajstić information content (AvgIpc) is 1.98. The Morgan fingerprint density at radius 3 is 2.20 bits per heavy atom. The Labute approximate surface area is 88.5 Å². The summed E-state index contributed by atoms with van der Waals surface area (Å²) in [6, 6.07) is 0. The first-order chi connectivity index (χ1) is 4.72. The van der Waals surface area contributed by atoms with E-state index < -0.39 is 0 Å². The lowest BCUT2D eigenvalue weighted by atomic mass is 10.2. The van der Waals surface area contributed by atoms with Gasteiger partial charge in [0.15, 0.2) is 0 Å². The molecule has 0 aliphatic carbocycles. The SMILES string of the molecule is CCCCC(Br)C(Br)CBr. The van der Waals surface area contributed by atoms with Crippen LogP contribution in [0.4, 0.5) is 0 Å². The fourth-order valence-corrected chi connectivity index (χ4v) is 2.40. The molecule has 0 aromatic carbocycles. The lowest BCUT2D eigenvalue weighted by Gasteiger charge is -2.12. The zero-order valence-electron chi connectivity index (χ0n) is 6.12. The van der Waals surface area contributed by atoms with Crippen LogP contribution in [0.3, 0.4) is 0 Å². The Bertz CT molecular complexity index is 75.3. The molecule has 3 heteroatoms. The van der Waals surface area contributed by atoms with Gasteiger partial charge in [0, 0.05) is 15.0 Å². The van der Waals surface area contributed by atoms with E-state index >= 15 is 0 Å². The first-order valence-corrected chi connectivity index (χ1v) is 6.51. The molecule has 0 aliphatic rings. The maximum absolute atomic E-state index is 3.63. The number of hydrogen-bond acceptors (Lipinski definition) is 0. The monoisotopic (exact) mass is 334 g/mol. The van der Waals surface area contributed by atoms with Crippen LogP contribution in [-0.4, -0.2) is 15.0 Å². The topological polar surface area (TPSA) is 0 Å². The van der Waals surface area contributed by atoms with Crippen LogP contribution in [0.25, 0.3) is 0 Å². The van der Waals surface area contributed by atoms with Gasteiger partial charge >= 0.3 is 0 Å². The summed E-state index contributed by atoms with van der Waals surface area (Å²) in [5.74, 6) is 0. The lowest BCUT2D eigenvalue weighted by Crippen LogP contribution is -2.14. The Kier molecular flexibility index (Phi) is 8.13. The van der Waals surface area contributed by atoms with Gasteiger partial charge in [0.1, 0.15) is 0 Å². The molecule has 10 heavy (non-hydrogen) atoms. The first-order valence-electron chi connectivity index (χ1n) is 3.56. The van der Waals surface area contributed by atoms with Crippen LogP contribution >= 0.6 is 47.8 Å². The Balaban J connectivity index is 3.31. The molecule has 0 nitrogen and oxygen atoms in total. The van der Waals surface area contributed by atoms with Gasteiger partial charge in [-0.15, -0.1) is 0 Å². The Morgan fingerprint density at radius 2 is 1.80 bits per heavy atom. The molecule has 0 aromatic heterocycles. The minimum atomic E-state index is 0.569. The van der Waals surface area contributed by atoms with E-state index in [1.807, 2.05) is 0 Å². The van der Waals surface area contributed by atoms with E-state index in [1.54, 1.807) is 0 Å². The molecule has 0 N–H and O–H groups in total. The molecule has 2 unspecified atom stereocenters. The highest BCUT2D eigenvalue weighted by atomic mass is 79.9. The molecule has 0 spiro atoms. The summed E-state index contributed by atoms with van der Waals surface area (Å²) in [5, 5.41) is 1.02. The summed E-state index contributed by atoms with van der Waals surface area (Å²) >= 11 is 10.6. The third kappa shape index (κ3) is 5.14. The number of halogens is 3. The Morgan fingerprint density at radius 1 is 1.20 bits per heavy atom. The van der Waals surface area contributed by atoms with Crippen LogP contribution in [0.15, 0.2) is 0 Å². The van der Waals surface area contributed by atoms with Gasteiger partial charge in [-0.3, -0.25) is 0 Å². The van der Waals surface area contributed by atoms with E-state index in [1.165, 1.54) is 19.3 Å². The van der Waals surface area contributed by atoms with E-state index in [4.69, 9.17) is 0 Å². The second-order valence-corrected chi connectivity index (χ2v) is 5.33. The molecular weight excluding hydrogens is 324 g/mol. The van der Waals surface area contributed by atoms with Gasteiger partial charge in [-0.2, -0.15) is 0 Å². The number of alkyl halides is 3. The minimum Gasteiger partial charge on any atom is -0.0916 e. The second kappa shape index (κ2) is 7.11. The van der Waals surface area contributed by atoms with Gasteiger partial charge in [-0.1, -0.05) is 67.6 Å². The van der Waals surface area contributed by atoms with Crippen molar-refractivity contribution >= 4 is 47.8 Å². The molecule has 0 saturated heterocycles. The molecule has 0 amide bonds. The minimum absolute atomic E-state index is 0.569. The Hall–Kier alpha value is 1.44.